The number of hydrogen-bond acceptors (Lipinski definition) is 5. The van der Waals surface area contributed by atoms with Gasteiger partial charge >= 0.3 is 5.97 Å². The molecule has 0 saturated heterocycles. The van der Waals surface area contributed by atoms with Crippen LogP contribution in [0.5, 0.6) is 0 Å². The Bertz CT molecular complexity index is 1340. The molecule has 0 radical (unpaired) electrons. The molecule has 7 heteroatoms. The molecule has 2 aromatic heterocycles. The molecule has 0 aliphatic carbocycles. The molecule has 0 N–H and O–H groups in total. The molecule has 0 bridgehead atoms. The fourth-order valence-electron chi connectivity index (χ4n) is 3.34. The molecule has 0 unspecified atom stereocenters. The second-order valence-electron chi connectivity index (χ2n) is 7.46. The van der Waals surface area contributed by atoms with Gasteiger partial charge in [0.2, 0.25) is 0 Å². The number of carbonyl (C=O) groups excluding carboxylic acids is 1. The highest BCUT2D eigenvalue weighted by atomic mass is 35.5. The van der Waals surface area contributed by atoms with E-state index >= 15 is 0 Å². The lowest BCUT2D eigenvalue weighted by atomic mass is 10.0. The third-order valence-electron chi connectivity index (χ3n) is 5.42. The van der Waals surface area contributed by atoms with Crippen LogP contribution < -0.4 is 5.56 Å². The first kappa shape index (κ1) is 21.3. The molecule has 0 aliphatic rings. The van der Waals surface area contributed by atoms with E-state index in [-0.39, 0.29) is 12.2 Å². The Morgan fingerprint density at radius 2 is 1.97 bits per heavy atom. The Labute approximate surface area is 188 Å². The summed E-state index contributed by atoms with van der Waals surface area (Å²) in [6, 6.07) is 12.5. The van der Waals surface area contributed by atoms with Gasteiger partial charge in [-0.15, -0.1) is 11.3 Å². The van der Waals surface area contributed by atoms with Crippen molar-refractivity contribution in [2.24, 2.45) is 0 Å². The van der Waals surface area contributed by atoms with Crippen LogP contribution in [0.15, 0.2) is 59.0 Å². The molecule has 2 aromatic carbocycles. The van der Waals surface area contributed by atoms with Crippen molar-refractivity contribution in [2.45, 2.75) is 33.4 Å². The minimum atomic E-state index is -0.820. The molecular weight excluding hydrogens is 432 g/mol. The zero-order valence-electron chi connectivity index (χ0n) is 17.4. The SMILES string of the molecule is Cc1ccc(-c2csc3ncn([C@@H](C)C(=O)OCc4ccccc4Cl)c(=O)c23)cc1C. The third-order valence-corrected chi connectivity index (χ3v) is 6.68. The lowest BCUT2D eigenvalue weighted by molar-refractivity contribution is -0.148. The first-order valence-electron chi connectivity index (χ1n) is 9.83. The summed E-state index contributed by atoms with van der Waals surface area (Å²) in [6.45, 7) is 5.77. The number of esters is 1. The van der Waals surface area contributed by atoms with E-state index < -0.39 is 12.0 Å². The van der Waals surface area contributed by atoms with Crippen molar-refractivity contribution in [2.75, 3.05) is 0 Å². The standard InChI is InChI=1S/C24H21ClN2O3S/c1-14-8-9-17(10-15(14)2)19-12-31-22-21(19)23(28)27(13-26-22)16(3)24(29)30-11-18-6-4-5-7-20(18)25/h4-10,12-13,16H,11H2,1-3H3/t16-/m0/s1. The number of aryl methyl sites for hydroxylation is 2. The molecule has 5 nitrogen and oxygen atoms in total. The van der Waals surface area contributed by atoms with Crippen LogP contribution in [0.1, 0.15) is 29.7 Å². The van der Waals surface area contributed by atoms with Crippen LogP contribution in [-0.2, 0) is 16.1 Å². The van der Waals surface area contributed by atoms with Gasteiger partial charge in [0.15, 0.2) is 0 Å². The Balaban J connectivity index is 1.65. The summed E-state index contributed by atoms with van der Waals surface area (Å²) in [4.78, 5) is 31.0. The number of nitrogens with zero attached hydrogens (tertiary/aromatic N) is 2. The predicted molar refractivity (Wildman–Crippen MR) is 125 cm³/mol. The van der Waals surface area contributed by atoms with Gasteiger partial charge in [-0.2, -0.15) is 0 Å². The molecule has 31 heavy (non-hydrogen) atoms. The maximum Gasteiger partial charge on any atom is 0.329 e. The van der Waals surface area contributed by atoms with E-state index in [9.17, 15) is 9.59 Å². The van der Waals surface area contributed by atoms with E-state index in [4.69, 9.17) is 16.3 Å². The van der Waals surface area contributed by atoms with Gasteiger partial charge in [0.25, 0.3) is 5.56 Å². The minimum Gasteiger partial charge on any atom is -0.459 e. The zero-order valence-corrected chi connectivity index (χ0v) is 19.0. The van der Waals surface area contributed by atoms with Gasteiger partial charge in [-0.25, -0.2) is 9.78 Å². The maximum absolute atomic E-state index is 13.3. The van der Waals surface area contributed by atoms with Gasteiger partial charge in [-0.05, 0) is 43.5 Å². The van der Waals surface area contributed by atoms with Gasteiger partial charge in [-0.1, -0.05) is 48.0 Å². The van der Waals surface area contributed by atoms with Gasteiger partial charge in [-0.3, -0.25) is 9.36 Å². The fraction of sp³-hybridized carbons (Fsp3) is 0.208. The number of halogens is 1. The number of thiophene rings is 1. The number of fused-ring (bicyclic) bond motifs is 1. The van der Waals surface area contributed by atoms with Crippen molar-refractivity contribution in [1.29, 1.82) is 0 Å². The van der Waals surface area contributed by atoms with Gasteiger partial charge < -0.3 is 4.74 Å². The van der Waals surface area contributed by atoms with E-state index in [0.29, 0.717) is 20.8 Å². The van der Waals surface area contributed by atoms with Gasteiger partial charge in [0, 0.05) is 21.5 Å². The minimum absolute atomic E-state index is 0.0413. The third kappa shape index (κ3) is 4.13. The van der Waals surface area contributed by atoms with Crippen LogP contribution in [0, 0.1) is 13.8 Å². The second kappa shape index (κ2) is 8.65. The molecule has 2 heterocycles. The largest absolute Gasteiger partial charge is 0.459 e. The number of aromatic nitrogens is 2. The smallest absolute Gasteiger partial charge is 0.329 e. The predicted octanol–water partition coefficient (Wildman–Crippen LogP) is 5.70. The molecule has 4 rings (SSSR count). The lowest BCUT2D eigenvalue weighted by Crippen LogP contribution is -2.29. The van der Waals surface area contributed by atoms with Crippen LogP contribution in [-0.4, -0.2) is 15.5 Å². The van der Waals surface area contributed by atoms with Crippen molar-refractivity contribution in [1.82, 2.24) is 9.55 Å². The van der Waals surface area contributed by atoms with Crippen molar-refractivity contribution in [3.05, 3.63) is 86.2 Å². The summed E-state index contributed by atoms with van der Waals surface area (Å²) < 4.78 is 6.74. The van der Waals surface area contributed by atoms with Crippen LogP contribution in [0.25, 0.3) is 21.3 Å². The van der Waals surface area contributed by atoms with E-state index in [1.165, 1.54) is 27.8 Å². The Hall–Kier alpha value is -2.96. The average molecular weight is 453 g/mol. The van der Waals surface area contributed by atoms with Crippen LogP contribution in [0.2, 0.25) is 5.02 Å². The summed E-state index contributed by atoms with van der Waals surface area (Å²) in [6.07, 6.45) is 1.41. The summed E-state index contributed by atoms with van der Waals surface area (Å²) >= 11 is 7.54. The molecular formula is C24H21ClN2O3S. The Kier molecular flexibility index (Phi) is 5.94. The molecule has 0 amide bonds. The fourth-order valence-corrected chi connectivity index (χ4v) is 4.44. The summed E-state index contributed by atoms with van der Waals surface area (Å²) in [5.41, 5.74) is 4.57. The zero-order chi connectivity index (χ0) is 22.1. The molecule has 0 aliphatic heterocycles. The van der Waals surface area contributed by atoms with Crippen molar-refractivity contribution in [3.8, 4) is 11.1 Å². The summed E-state index contributed by atoms with van der Waals surface area (Å²) in [5.74, 6) is -0.522. The molecule has 1 atom stereocenters. The van der Waals surface area contributed by atoms with Crippen molar-refractivity contribution in [3.63, 3.8) is 0 Å². The monoisotopic (exact) mass is 452 g/mol. The Morgan fingerprint density at radius 1 is 1.19 bits per heavy atom. The van der Waals surface area contributed by atoms with E-state index in [1.54, 1.807) is 19.1 Å². The molecule has 0 fully saturated rings. The second-order valence-corrected chi connectivity index (χ2v) is 8.73. The van der Waals surface area contributed by atoms with E-state index in [0.717, 1.165) is 16.7 Å². The number of hydrogen-bond donors (Lipinski definition) is 0. The quantitative estimate of drug-likeness (QED) is 0.364. The summed E-state index contributed by atoms with van der Waals surface area (Å²) in [7, 11) is 0. The normalized spacial score (nSPS) is 12.1. The van der Waals surface area contributed by atoms with Crippen LogP contribution >= 0.6 is 22.9 Å². The number of benzene rings is 2. The first-order valence-corrected chi connectivity index (χ1v) is 11.1. The first-order chi connectivity index (χ1) is 14.9. The molecule has 158 valence electrons. The summed E-state index contributed by atoms with van der Waals surface area (Å²) in [5, 5.41) is 2.98. The highest BCUT2D eigenvalue weighted by Crippen LogP contribution is 2.32. The number of ether oxygens (including phenoxy) is 1. The average Bonchev–Trinajstić information content (AvgIpc) is 3.20. The maximum atomic E-state index is 13.3. The van der Waals surface area contributed by atoms with Gasteiger partial charge in [0.1, 0.15) is 17.5 Å². The molecule has 0 saturated carbocycles. The topological polar surface area (TPSA) is 61.2 Å². The highest BCUT2D eigenvalue weighted by molar-refractivity contribution is 7.17. The van der Waals surface area contributed by atoms with Crippen molar-refractivity contribution < 1.29 is 9.53 Å². The number of rotatable bonds is 5. The molecule has 0 spiro atoms. The van der Waals surface area contributed by atoms with Crippen LogP contribution in [0.3, 0.4) is 0 Å². The Morgan fingerprint density at radius 3 is 2.71 bits per heavy atom. The van der Waals surface area contributed by atoms with E-state index in [2.05, 4.69) is 18.0 Å². The number of carbonyl (C=O) groups is 1. The highest BCUT2D eigenvalue weighted by Gasteiger charge is 2.22. The molecule has 4 aromatic rings. The lowest BCUT2D eigenvalue weighted by Gasteiger charge is -2.15. The van der Waals surface area contributed by atoms with Crippen LogP contribution in [0.4, 0.5) is 0 Å². The van der Waals surface area contributed by atoms with Crippen molar-refractivity contribution >= 4 is 39.1 Å². The van der Waals surface area contributed by atoms with Gasteiger partial charge in [0.05, 0.1) is 11.7 Å². The van der Waals surface area contributed by atoms with E-state index in [1.807, 2.05) is 36.6 Å².